The van der Waals surface area contributed by atoms with Gasteiger partial charge >= 0.3 is 0 Å². The van der Waals surface area contributed by atoms with Gasteiger partial charge in [0.1, 0.15) is 0 Å². The van der Waals surface area contributed by atoms with Crippen LogP contribution in [0.4, 0.5) is 0 Å². The van der Waals surface area contributed by atoms with Crippen LogP contribution in [-0.4, -0.2) is 29.2 Å². The summed E-state index contributed by atoms with van der Waals surface area (Å²) in [6, 6.07) is 0. The van der Waals surface area contributed by atoms with Crippen molar-refractivity contribution in [2.24, 2.45) is 5.73 Å². The number of fused-ring (bicyclic) bond motifs is 1. The number of nitrogens with one attached hydrogen (secondary N) is 2. The van der Waals surface area contributed by atoms with E-state index in [0.717, 1.165) is 55.3 Å². The average molecular weight is 315 g/mol. The minimum Gasteiger partial charge on any atom is -0.356 e. The quantitative estimate of drug-likeness (QED) is 0.664. The van der Waals surface area contributed by atoms with Crippen LogP contribution in [0.2, 0.25) is 0 Å². The van der Waals surface area contributed by atoms with Gasteiger partial charge in [-0.3, -0.25) is 9.59 Å². The van der Waals surface area contributed by atoms with Gasteiger partial charge in [-0.15, -0.1) is 12.4 Å². The zero-order valence-electron chi connectivity index (χ0n) is 12.1. The van der Waals surface area contributed by atoms with Crippen LogP contribution in [-0.2, 0) is 24.1 Å². The third-order valence-corrected chi connectivity index (χ3v) is 3.66. The lowest BCUT2D eigenvalue weighted by Gasteiger charge is -2.17. The SMILES string of the molecule is Cl.NCCCCNC(=O)Cc1n[nH]c(=O)c2c1CCCC2. The van der Waals surface area contributed by atoms with Crippen LogP contribution in [0.3, 0.4) is 0 Å². The largest absolute Gasteiger partial charge is 0.356 e. The van der Waals surface area contributed by atoms with Gasteiger partial charge < -0.3 is 11.1 Å². The van der Waals surface area contributed by atoms with Crippen LogP contribution < -0.4 is 16.6 Å². The highest BCUT2D eigenvalue weighted by atomic mass is 35.5. The summed E-state index contributed by atoms with van der Waals surface area (Å²) in [5.74, 6) is -0.0469. The normalized spacial score (nSPS) is 13.2. The predicted octanol–water partition coefficient (Wildman–Crippen LogP) is 0.468. The van der Waals surface area contributed by atoms with Crippen molar-refractivity contribution in [2.75, 3.05) is 13.1 Å². The van der Waals surface area contributed by atoms with Crippen LogP contribution >= 0.6 is 12.4 Å². The zero-order valence-corrected chi connectivity index (χ0v) is 12.9. The van der Waals surface area contributed by atoms with Crippen molar-refractivity contribution in [3.63, 3.8) is 0 Å². The van der Waals surface area contributed by atoms with Gasteiger partial charge in [0.2, 0.25) is 5.91 Å². The first-order valence-corrected chi connectivity index (χ1v) is 7.28. The molecule has 1 aromatic rings. The number of H-pyrrole nitrogens is 1. The molecule has 0 bridgehead atoms. The summed E-state index contributed by atoms with van der Waals surface area (Å²) in [7, 11) is 0. The molecule has 1 aliphatic carbocycles. The fraction of sp³-hybridized carbons (Fsp3) is 0.643. The summed E-state index contributed by atoms with van der Waals surface area (Å²) in [6.07, 6.45) is 5.77. The average Bonchev–Trinajstić information content (AvgIpc) is 2.47. The molecule has 1 amide bonds. The van der Waals surface area contributed by atoms with Gasteiger partial charge in [-0.2, -0.15) is 5.10 Å². The molecule has 0 fully saturated rings. The Morgan fingerprint density at radius 2 is 1.95 bits per heavy atom. The van der Waals surface area contributed by atoms with Crippen LogP contribution in [0.25, 0.3) is 0 Å². The standard InChI is InChI=1S/C14H22N4O2.ClH/c15-7-3-4-8-16-13(19)9-12-10-5-1-2-6-11(10)14(20)18-17-12;/h1-9,15H2,(H,16,19)(H,18,20);1H. The Balaban J connectivity index is 0.00000220. The van der Waals surface area contributed by atoms with E-state index in [1.54, 1.807) is 0 Å². The van der Waals surface area contributed by atoms with E-state index in [1.165, 1.54) is 0 Å². The maximum absolute atomic E-state index is 11.9. The first-order valence-electron chi connectivity index (χ1n) is 7.28. The third-order valence-electron chi connectivity index (χ3n) is 3.66. The molecule has 0 saturated carbocycles. The maximum atomic E-state index is 11.9. The number of hydrogen-bond donors (Lipinski definition) is 3. The van der Waals surface area contributed by atoms with Crippen molar-refractivity contribution in [3.05, 3.63) is 27.2 Å². The Labute approximate surface area is 130 Å². The second-order valence-corrected chi connectivity index (χ2v) is 5.19. The molecule has 6 nitrogen and oxygen atoms in total. The molecule has 0 atom stereocenters. The summed E-state index contributed by atoms with van der Waals surface area (Å²) in [5, 5.41) is 9.43. The second-order valence-electron chi connectivity index (χ2n) is 5.19. The molecule has 118 valence electrons. The topological polar surface area (TPSA) is 101 Å². The maximum Gasteiger partial charge on any atom is 0.267 e. The number of unbranched alkanes of at least 4 members (excludes halogenated alkanes) is 1. The number of carbonyl (C=O) groups is 1. The summed E-state index contributed by atoms with van der Waals surface area (Å²) in [4.78, 5) is 23.6. The number of hydrogen-bond acceptors (Lipinski definition) is 4. The summed E-state index contributed by atoms with van der Waals surface area (Å²) < 4.78 is 0. The van der Waals surface area contributed by atoms with Crippen molar-refractivity contribution >= 4 is 18.3 Å². The first kappa shape index (κ1) is 17.7. The molecule has 0 aromatic carbocycles. The van der Waals surface area contributed by atoms with Crippen LogP contribution in [0, 0.1) is 0 Å². The van der Waals surface area contributed by atoms with E-state index in [4.69, 9.17) is 5.73 Å². The zero-order chi connectivity index (χ0) is 14.4. The summed E-state index contributed by atoms with van der Waals surface area (Å²) in [6.45, 7) is 1.28. The molecule has 0 aliphatic heterocycles. The first-order chi connectivity index (χ1) is 9.72. The van der Waals surface area contributed by atoms with Gasteiger partial charge in [0.25, 0.3) is 5.56 Å². The van der Waals surface area contributed by atoms with E-state index < -0.39 is 0 Å². The van der Waals surface area contributed by atoms with Gasteiger partial charge in [0, 0.05) is 12.1 Å². The minimum absolute atomic E-state index is 0. The van der Waals surface area contributed by atoms with E-state index >= 15 is 0 Å². The van der Waals surface area contributed by atoms with Gasteiger partial charge in [-0.05, 0) is 50.6 Å². The lowest BCUT2D eigenvalue weighted by molar-refractivity contribution is -0.120. The molecule has 7 heteroatoms. The predicted molar refractivity (Wildman–Crippen MR) is 83.7 cm³/mol. The van der Waals surface area contributed by atoms with Crippen molar-refractivity contribution in [1.82, 2.24) is 15.5 Å². The number of rotatable bonds is 6. The summed E-state index contributed by atoms with van der Waals surface area (Å²) >= 11 is 0. The number of nitrogens with zero attached hydrogens (tertiary/aromatic N) is 1. The highest BCUT2D eigenvalue weighted by Gasteiger charge is 2.19. The van der Waals surface area contributed by atoms with Crippen LogP contribution in [0.1, 0.15) is 42.5 Å². The fourth-order valence-electron chi connectivity index (χ4n) is 2.59. The molecule has 0 radical (unpaired) electrons. The van der Waals surface area contributed by atoms with E-state index in [1.807, 2.05) is 0 Å². The van der Waals surface area contributed by atoms with Gasteiger partial charge in [-0.25, -0.2) is 5.10 Å². The molecule has 2 rings (SSSR count). The highest BCUT2D eigenvalue weighted by Crippen LogP contribution is 2.20. The Kier molecular flexibility index (Phi) is 7.39. The summed E-state index contributed by atoms with van der Waals surface area (Å²) in [5.41, 5.74) is 7.82. The van der Waals surface area contributed by atoms with Crippen LogP contribution in [0.5, 0.6) is 0 Å². The van der Waals surface area contributed by atoms with Crippen molar-refractivity contribution in [1.29, 1.82) is 0 Å². The van der Waals surface area contributed by atoms with E-state index in [2.05, 4.69) is 15.5 Å². The number of halogens is 1. The second kappa shape index (κ2) is 8.79. The smallest absolute Gasteiger partial charge is 0.267 e. The Morgan fingerprint density at radius 1 is 1.24 bits per heavy atom. The molecule has 0 saturated heterocycles. The number of carbonyl (C=O) groups excluding carboxylic acids is 1. The molecule has 21 heavy (non-hydrogen) atoms. The fourth-order valence-corrected chi connectivity index (χ4v) is 2.59. The van der Waals surface area contributed by atoms with Crippen LogP contribution in [0.15, 0.2) is 4.79 Å². The Hall–Kier alpha value is -1.40. The monoisotopic (exact) mass is 314 g/mol. The lowest BCUT2D eigenvalue weighted by atomic mass is 9.91. The number of aromatic nitrogens is 2. The molecule has 1 aliphatic rings. The molecule has 0 spiro atoms. The van der Waals surface area contributed by atoms with E-state index in [0.29, 0.717) is 13.1 Å². The van der Waals surface area contributed by atoms with Crippen molar-refractivity contribution in [2.45, 2.75) is 44.9 Å². The van der Waals surface area contributed by atoms with Gasteiger partial charge in [0.05, 0.1) is 12.1 Å². The number of aromatic amines is 1. The number of nitrogens with two attached hydrogens (primary N) is 1. The Bertz CT molecular complexity index is 530. The van der Waals surface area contributed by atoms with Gasteiger partial charge in [0.15, 0.2) is 0 Å². The third kappa shape index (κ3) is 4.82. The molecule has 1 heterocycles. The molecular formula is C14H23ClN4O2. The highest BCUT2D eigenvalue weighted by molar-refractivity contribution is 5.85. The molecule has 4 N–H and O–H groups in total. The molecule has 1 aromatic heterocycles. The van der Waals surface area contributed by atoms with E-state index in [-0.39, 0.29) is 30.3 Å². The molecular weight excluding hydrogens is 292 g/mol. The van der Waals surface area contributed by atoms with Gasteiger partial charge in [-0.1, -0.05) is 0 Å². The lowest BCUT2D eigenvalue weighted by Crippen LogP contribution is -2.29. The number of amides is 1. The van der Waals surface area contributed by atoms with Crippen molar-refractivity contribution < 1.29 is 4.79 Å². The van der Waals surface area contributed by atoms with Crippen molar-refractivity contribution in [3.8, 4) is 0 Å². The van der Waals surface area contributed by atoms with E-state index in [9.17, 15) is 9.59 Å². The Morgan fingerprint density at radius 3 is 2.67 bits per heavy atom. The minimum atomic E-state index is -0.105. The molecule has 0 unspecified atom stereocenters.